The summed E-state index contributed by atoms with van der Waals surface area (Å²) in [7, 11) is 0. The third kappa shape index (κ3) is 7.70. The largest absolute Gasteiger partial charge is 0.455 e. The van der Waals surface area contributed by atoms with Crippen molar-refractivity contribution >= 4 is 82.3 Å². The van der Waals surface area contributed by atoms with E-state index in [1.54, 1.807) is 32.2 Å². The number of nitrogens with zero attached hydrogens (tertiary/aromatic N) is 4. The molecular formula is C55H45FGeIrN4OS-2. The number of hydrogen-bond donors (Lipinski definition) is 0. The first-order valence-electron chi connectivity index (χ1n) is 24.1. The van der Waals surface area contributed by atoms with Crippen LogP contribution in [0.25, 0.3) is 92.7 Å². The van der Waals surface area contributed by atoms with Gasteiger partial charge in [-0.05, 0) is 58.9 Å². The zero-order valence-corrected chi connectivity index (χ0v) is 40.9. The number of hydrogen-bond acceptors (Lipinski definition) is 5. The number of thiophene rings is 1. The molecule has 0 bridgehead atoms. The summed E-state index contributed by atoms with van der Waals surface area (Å²) < 4.78 is 80.1. The summed E-state index contributed by atoms with van der Waals surface area (Å²) in [5.41, 5.74) is 8.24. The molecule has 0 aliphatic rings. The Morgan fingerprint density at radius 1 is 0.797 bits per heavy atom. The Bertz CT molecular complexity index is 3820. The molecule has 0 atom stereocenters. The van der Waals surface area contributed by atoms with Gasteiger partial charge < -0.3 is 8.98 Å². The van der Waals surface area contributed by atoms with E-state index in [0.717, 1.165) is 86.6 Å². The Morgan fingerprint density at radius 3 is 2.36 bits per heavy atom. The van der Waals surface area contributed by atoms with Crippen LogP contribution in [0.2, 0.25) is 17.3 Å². The first kappa shape index (κ1) is 35.6. The topological polar surface area (TPSA) is 56.7 Å². The van der Waals surface area contributed by atoms with Crippen molar-refractivity contribution in [2.45, 2.75) is 50.7 Å². The third-order valence-corrected chi connectivity index (χ3v) is 16.7. The van der Waals surface area contributed by atoms with Crippen molar-refractivity contribution in [2.75, 3.05) is 0 Å². The Hall–Kier alpha value is -5.77. The average Bonchev–Trinajstić information content (AvgIpc) is 4.02. The van der Waals surface area contributed by atoms with E-state index in [4.69, 9.17) is 19.0 Å². The molecule has 0 fully saturated rings. The zero-order valence-electron chi connectivity index (χ0n) is 42.6. The molecule has 0 spiro atoms. The number of para-hydroxylation sites is 3. The van der Waals surface area contributed by atoms with Gasteiger partial charge in [-0.1, -0.05) is 77.7 Å². The summed E-state index contributed by atoms with van der Waals surface area (Å²) >= 11 is -0.805. The van der Waals surface area contributed by atoms with Crippen LogP contribution in [0.4, 0.5) is 4.39 Å². The van der Waals surface area contributed by atoms with Crippen LogP contribution >= 0.6 is 11.3 Å². The standard InChI is InChI=1S/C37H22N3OS.C18H23FGeN.Ir/c1-22-18-19-26-25-13-9-14-28(35(25)42-37(26)38-22)36-39-29-15-6-7-16-30(29)40(36)31-21-20-24(23-10-3-2-4-11-23)34-33(31)27-12-5-8-17-32(27)41-34;1-12(2)15-10-17(21-11-16(15)20(4,5)6)14-9-7-8-13(3)18(14)19;/h2-13,15-21H,1H3;7-8,10-12H,1-6H3;/q2*-1;/i1D3;3D3,12D;. The van der Waals surface area contributed by atoms with E-state index in [2.05, 4.69) is 80.3 Å². The summed E-state index contributed by atoms with van der Waals surface area (Å²) in [5.74, 6) is 5.71. The van der Waals surface area contributed by atoms with Crippen LogP contribution in [0.5, 0.6) is 0 Å². The van der Waals surface area contributed by atoms with Crippen molar-refractivity contribution in [3.8, 4) is 39.5 Å². The third-order valence-electron chi connectivity index (χ3n) is 11.4. The number of furan rings is 1. The van der Waals surface area contributed by atoms with Gasteiger partial charge in [0.15, 0.2) is 0 Å². The summed E-state index contributed by atoms with van der Waals surface area (Å²) in [4.78, 5) is 14.8. The molecule has 6 aromatic carbocycles. The van der Waals surface area contributed by atoms with Crippen molar-refractivity contribution in [1.29, 1.82) is 0 Å². The Labute approximate surface area is 402 Å². The number of rotatable bonds is 6. The van der Waals surface area contributed by atoms with Gasteiger partial charge in [-0.15, -0.1) is 18.2 Å². The SMILES string of the molecule is [2H]C([2H])([2H])c1cc[c-]c(-c2cc(C([2H])(C)C)[c]([Ge]([CH3])([CH3])[CH3])cn2)c1F.[2H]C([2H])([2H])c1ccc2c(n1)sc1c(-c3nc4ccccc4n3-c3ccc(-c4ccccc4)c4oc5ccccc5c34)[c-]ccc12.[Ir]. The summed E-state index contributed by atoms with van der Waals surface area (Å²) in [6.45, 7) is -1.23. The minimum absolute atomic E-state index is 0. The van der Waals surface area contributed by atoms with E-state index in [-0.39, 0.29) is 36.9 Å². The van der Waals surface area contributed by atoms with Crippen molar-refractivity contribution in [1.82, 2.24) is 19.5 Å². The molecule has 319 valence electrons. The van der Waals surface area contributed by atoms with Gasteiger partial charge in [0.1, 0.15) is 16.0 Å². The number of aryl methyl sites for hydroxylation is 2. The van der Waals surface area contributed by atoms with Crippen LogP contribution in [0.1, 0.15) is 46.2 Å². The number of halogens is 1. The fourth-order valence-electron chi connectivity index (χ4n) is 8.34. The Balaban J connectivity index is 0.000000206. The van der Waals surface area contributed by atoms with Gasteiger partial charge in [0.25, 0.3) is 0 Å². The smallest absolute Gasteiger partial charge is 0.145 e. The number of aromatic nitrogens is 4. The molecule has 1 radical (unpaired) electrons. The van der Waals surface area contributed by atoms with E-state index in [1.165, 1.54) is 23.5 Å². The number of benzene rings is 6. The summed E-state index contributed by atoms with van der Waals surface area (Å²) in [6.07, 6.45) is 1.73. The minimum atomic E-state index is -2.54. The van der Waals surface area contributed by atoms with Crippen LogP contribution < -0.4 is 4.40 Å². The maximum Gasteiger partial charge on any atom is 0.145 e. The second-order valence-corrected chi connectivity index (χ2v) is 28.3. The molecule has 5 heterocycles. The molecule has 11 rings (SSSR count). The van der Waals surface area contributed by atoms with E-state index >= 15 is 0 Å². The molecule has 0 saturated carbocycles. The van der Waals surface area contributed by atoms with Crippen molar-refractivity contribution in [2.24, 2.45) is 0 Å². The molecule has 0 N–H and O–H groups in total. The van der Waals surface area contributed by atoms with E-state index < -0.39 is 38.7 Å². The van der Waals surface area contributed by atoms with Crippen LogP contribution in [-0.4, -0.2) is 32.8 Å². The molecule has 5 nitrogen and oxygen atoms in total. The van der Waals surface area contributed by atoms with Crippen molar-refractivity contribution < 1.29 is 38.5 Å². The van der Waals surface area contributed by atoms with Gasteiger partial charge in [-0.2, -0.15) is 11.3 Å². The van der Waals surface area contributed by atoms with Gasteiger partial charge in [0, 0.05) is 40.9 Å². The summed E-state index contributed by atoms with van der Waals surface area (Å²) in [6, 6.07) is 48.8. The molecule has 0 aliphatic carbocycles. The fourth-order valence-corrected chi connectivity index (χ4v) is 12.8. The maximum atomic E-state index is 14.8. The van der Waals surface area contributed by atoms with Crippen LogP contribution in [0, 0.1) is 31.7 Å². The maximum absolute atomic E-state index is 14.8. The van der Waals surface area contributed by atoms with Gasteiger partial charge in [-0.3, -0.25) is 4.98 Å². The minimum Gasteiger partial charge on any atom is -0.455 e. The van der Waals surface area contributed by atoms with Gasteiger partial charge >= 0.3 is 135 Å². The van der Waals surface area contributed by atoms with Gasteiger partial charge in [-0.25, -0.2) is 4.98 Å². The van der Waals surface area contributed by atoms with Crippen molar-refractivity contribution in [3.63, 3.8) is 0 Å². The molecule has 5 aromatic heterocycles. The van der Waals surface area contributed by atoms with Crippen molar-refractivity contribution in [3.05, 3.63) is 174 Å². The normalized spacial score (nSPS) is 13.9. The first-order valence-corrected chi connectivity index (χ1v) is 28.8. The Kier molecular flexibility index (Phi) is 9.62. The average molecular weight is 1100 g/mol. The van der Waals surface area contributed by atoms with Crippen LogP contribution in [0.15, 0.2) is 144 Å². The predicted octanol–water partition coefficient (Wildman–Crippen LogP) is 14.8. The number of pyridine rings is 2. The zero-order chi connectivity index (χ0) is 49.5. The quantitative estimate of drug-likeness (QED) is 0.123. The molecule has 0 amide bonds. The van der Waals surface area contributed by atoms with E-state index in [9.17, 15) is 4.39 Å². The molecule has 64 heavy (non-hydrogen) atoms. The predicted molar refractivity (Wildman–Crippen MR) is 264 cm³/mol. The molecule has 9 heteroatoms. The first-order chi connectivity index (χ1) is 33.2. The molecule has 0 unspecified atom stereocenters. The Morgan fingerprint density at radius 2 is 1.56 bits per heavy atom. The van der Waals surface area contributed by atoms with Gasteiger partial charge in [0.05, 0.1) is 27.9 Å². The number of imidazole rings is 1. The number of fused-ring (bicyclic) bond motifs is 7. The van der Waals surface area contributed by atoms with Gasteiger partial charge in [0.2, 0.25) is 0 Å². The second-order valence-electron chi connectivity index (χ2n) is 16.8. The van der Waals surface area contributed by atoms with E-state index in [0.29, 0.717) is 10.5 Å². The van der Waals surface area contributed by atoms with E-state index in [1.807, 2.05) is 72.8 Å². The van der Waals surface area contributed by atoms with Crippen LogP contribution in [0.3, 0.4) is 0 Å². The summed E-state index contributed by atoms with van der Waals surface area (Å²) in [5, 5.41) is 3.93. The molecule has 11 aromatic rings. The van der Waals surface area contributed by atoms with Crippen LogP contribution in [-0.2, 0) is 20.1 Å². The molecular weight excluding hydrogens is 1050 g/mol. The monoisotopic (exact) mass is 1100 g/mol. The molecule has 0 aliphatic heterocycles. The fraction of sp³-hybridized carbons (Fsp3) is 0.145. The second kappa shape index (κ2) is 17.3. The molecule has 0 saturated heterocycles.